The van der Waals surface area contributed by atoms with Gasteiger partial charge in [-0.25, -0.2) is 0 Å². The van der Waals surface area contributed by atoms with E-state index in [1.165, 1.54) is 5.56 Å². The molecule has 156 valence electrons. The molecule has 1 saturated heterocycles. The molecule has 1 fully saturated rings. The minimum atomic E-state index is 0.0275. The van der Waals surface area contributed by atoms with Crippen LogP contribution in [0.5, 0.6) is 5.75 Å². The van der Waals surface area contributed by atoms with Gasteiger partial charge >= 0.3 is 0 Å². The molecule has 2 aromatic carbocycles. The largest absolute Gasteiger partial charge is 0.491 e. The summed E-state index contributed by atoms with van der Waals surface area (Å²) in [5.74, 6) is 1.01. The van der Waals surface area contributed by atoms with Crippen LogP contribution in [0.3, 0.4) is 0 Å². The van der Waals surface area contributed by atoms with Crippen molar-refractivity contribution < 1.29 is 14.6 Å². The highest BCUT2D eigenvalue weighted by Crippen LogP contribution is 2.25. The predicted octanol–water partition coefficient (Wildman–Crippen LogP) is 3.51. The summed E-state index contributed by atoms with van der Waals surface area (Å²) in [5, 5.41) is 8.90. The standard InChI is InChI=1S/C24H32N2O3/c1-2-24(28)26(21-8-4-3-5-9-21)22-12-15-25(16-13-22)14-11-20-7-6-10-23(19-20)29-18-17-27/h3-10,19,22,27H,2,11-18H2,1H3. The van der Waals surface area contributed by atoms with Crippen molar-refractivity contribution in [3.63, 3.8) is 0 Å². The van der Waals surface area contributed by atoms with Gasteiger partial charge in [-0.1, -0.05) is 37.3 Å². The molecule has 5 nitrogen and oxygen atoms in total. The molecule has 1 aliphatic heterocycles. The summed E-state index contributed by atoms with van der Waals surface area (Å²) >= 11 is 0. The van der Waals surface area contributed by atoms with Crippen LogP contribution in [-0.2, 0) is 11.2 Å². The Morgan fingerprint density at radius 3 is 2.59 bits per heavy atom. The molecular weight excluding hydrogens is 364 g/mol. The van der Waals surface area contributed by atoms with Crippen molar-refractivity contribution in [1.29, 1.82) is 0 Å². The number of hydrogen-bond donors (Lipinski definition) is 1. The topological polar surface area (TPSA) is 53.0 Å². The van der Waals surface area contributed by atoms with E-state index in [4.69, 9.17) is 9.84 Å². The van der Waals surface area contributed by atoms with E-state index < -0.39 is 0 Å². The molecule has 0 saturated carbocycles. The lowest BCUT2D eigenvalue weighted by Crippen LogP contribution is -2.47. The van der Waals surface area contributed by atoms with Crippen molar-refractivity contribution in [2.75, 3.05) is 37.7 Å². The van der Waals surface area contributed by atoms with E-state index in [9.17, 15) is 4.79 Å². The minimum absolute atomic E-state index is 0.0275. The summed E-state index contributed by atoms with van der Waals surface area (Å²) in [7, 11) is 0. The number of hydrogen-bond acceptors (Lipinski definition) is 4. The highest BCUT2D eigenvalue weighted by atomic mass is 16.5. The van der Waals surface area contributed by atoms with Crippen LogP contribution in [0, 0.1) is 0 Å². The molecule has 1 heterocycles. The highest BCUT2D eigenvalue weighted by Gasteiger charge is 2.28. The monoisotopic (exact) mass is 396 g/mol. The van der Waals surface area contributed by atoms with Crippen molar-refractivity contribution >= 4 is 11.6 Å². The van der Waals surface area contributed by atoms with Gasteiger partial charge in [0.15, 0.2) is 0 Å². The first-order valence-corrected chi connectivity index (χ1v) is 10.6. The molecule has 2 aromatic rings. The highest BCUT2D eigenvalue weighted by molar-refractivity contribution is 5.93. The van der Waals surface area contributed by atoms with Crippen LogP contribution in [0.2, 0.25) is 0 Å². The number of rotatable bonds is 9. The molecule has 0 atom stereocenters. The van der Waals surface area contributed by atoms with Crippen LogP contribution in [-0.4, -0.2) is 54.8 Å². The molecular formula is C24H32N2O3. The summed E-state index contributed by atoms with van der Waals surface area (Å²) in [6, 6.07) is 18.4. The van der Waals surface area contributed by atoms with E-state index in [-0.39, 0.29) is 18.6 Å². The molecule has 0 aromatic heterocycles. The van der Waals surface area contributed by atoms with Crippen LogP contribution < -0.4 is 9.64 Å². The second-order valence-electron chi connectivity index (χ2n) is 7.50. The third-order valence-corrected chi connectivity index (χ3v) is 5.50. The van der Waals surface area contributed by atoms with E-state index in [2.05, 4.69) is 17.0 Å². The van der Waals surface area contributed by atoms with E-state index in [0.717, 1.165) is 50.3 Å². The first-order chi connectivity index (χ1) is 14.2. The number of piperidine rings is 1. The summed E-state index contributed by atoms with van der Waals surface area (Å²) < 4.78 is 5.50. The third-order valence-electron chi connectivity index (χ3n) is 5.50. The predicted molar refractivity (Wildman–Crippen MR) is 116 cm³/mol. The third kappa shape index (κ3) is 6.05. The molecule has 0 unspecified atom stereocenters. The van der Waals surface area contributed by atoms with Crippen LogP contribution >= 0.6 is 0 Å². The van der Waals surface area contributed by atoms with Gasteiger partial charge in [-0.05, 0) is 49.1 Å². The van der Waals surface area contributed by atoms with Crippen LogP contribution in [0.1, 0.15) is 31.7 Å². The first-order valence-electron chi connectivity index (χ1n) is 10.6. The number of carbonyl (C=O) groups excluding carboxylic acids is 1. The smallest absolute Gasteiger partial charge is 0.226 e. The Morgan fingerprint density at radius 1 is 1.14 bits per heavy atom. The Balaban J connectivity index is 1.52. The molecule has 1 amide bonds. The molecule has 0 bridgehead atoms. The van der Waals surface area contributed by atoms with Gasteiger partial charge in [0.05, 0.1) is 6.61 Å². The van der Waals surface area contributed by atoms with E-state index >= 15 is 0 Å². The second kappa shape index (κ2) is 11.0. The van der Waals surface area contributed by atoms with Crippen LogP contribution in [0.25, 0.3) is 0 Å². The number of aliphatic hydroxyl groups excluding tert-OH is 1. The average molecular weight is 397 g/mol. The van der Waals surface area contributed by atoms with Crippen LogP contribution in [0.4, 0.5) is 5.69 Å². The minimum Gasteiger partial charge on any atom is -0.491 e. The number of benzene rings is 2. The van der Waals surface area contributed by atoms with Crippen molar-refractivity contribution in [3.8, 4) is 5.75 Å². The lowest BCUT2D eigenvalue weighted by molar-refractivity contribution is -0.119. The van der Waals surface area contributed by atoms with Gasteiger partial charge in [0.2, 0.25) is 5.91 Å². The Kier molecular flexibility index (Phi) is 8.08. The number of para-hydroxylation sites is 1. The quantitative estimate of drug-likeness (QED) is 0.705. The Morgan fingerprint density at radius 2 is 1.90 bits per heavy atom. The maximum atomic E-state index is 12.6. The first kappa shape index (κ1) is 21.3. The molecule has 1 aliphatic rings. The van der Waals surface area contributed by atoms with Crippen molar-refractivity contribution in [1.82, 2.24) is 4.90 Å². The summed E-state index contributed by atoms with van der Waals surface area (Å²) in [4.78, 5) is 17.1. The fourth-order valence-electron chi connectivity index (χ4n) is 3.96. The Labute approximate surface area is 173 Å². The van der Waals surface area contributed by atoms with E-state index in [1.807, 2.05) is 54.3 Å². The Bertz CT molecular complexity index is 758. The summed E-state index contributed by atoms with van der Waals surface area (Å²) in [6.07, 6.45) is 3.50. The fraction of sp³-hybridized carbons (Fsp3) is 0.458. The zero-order valence-corrected chi connectivity index (χ0v) is 17.3. The number of nitrogens with zero attached hydrogens (tertiary/aromatic N) is 2. The number of likely N-dealkylation sites (tertiary alicyclic amines) is 1. The Hall–Kier alpha value is -2.37. The molecule has 0 aliphatic carbocycles. The van der Waals surface area contributed by atoms with Gasteiger partial charge in [0.25, 0.3) is 0 Å². The van der Waals surface area contributed by atoms with Gasteiger partial charge in [-0.2, -0.15) is 0 Å². The average Bonchev–Trinajstić information content (AvgIpc) is 2.78. The zero-order valence-electron chi connectivity index (χ0n) is 17.3. The van der Waals surface area contributed by atoms with Crippen molar-refractivity contribution in [2.45, 2.75) is 38.6 Å². The molecule has 29 heavy (non-hydrogen) atoms. The fourth-order valence-corrected chi connectivity index (χ4v) is 3.96. The van der Waals surface area contributed by atoms with Crippen LogP contribution in [0.15, 0.2) is 54.6 Å². The number of aliphatic hydroxyl groups is 1. The molecule has 0 radical (unpaired) electrons. The molecule has 3 rings (SSSR count). The molecule has 0 spiro atoms. The SMILES string of the molecule is CCC(=O)N(c1ccccc1)C1CCN(CCc2cccc(OCCO)c2)CC1. The van der Waals surface area contributed by atoms with Crippen molar-refractivity contribution in [3.05, 3.63) is 60.2 Å². The molecule has 1 N–H and O–H groups in total. The van der Waals surface area contributed by atoms with Gasteiger partial charge < -0.3 is 19.6 Å². The second-order valence-corrected chi connectivity index (χ2v) is 7.50. The van der Waals surface area contributed by atoms with Gasteiger partial charge in [0, 0.05) is 37.8 Å². The maximum absolute atomic E-state index is 12.6. The zero-order chi connectivity index (χ0) is 20.5. The van der Waals surface area contributed by atoms with E-state index in [1.54, 1.807) is 0 Å². The maximum Gasteiger partial charge on any atom is 0.226 e. The lowest BCUT2D eigenvalue weighted by atomic mass is 10.0. The summed E-state index contributed by atoms with van der Waals surface area (Å²) in [5.41, 5.74) is 2.26. The lowest BCUT2D eigenvalue weighted by Gasteiger charge is -2.38. The number of anilines is 1. The van der Waals surface area contributed by atoms with Gasteiger partial charge in [-0.3, -0.25) is 4.79 Å². The normalized spacial score (nSPS) is 15.2. The molecule has 5 heteroatoms. The van der Waals surface area contributed by atoms with Gasteiger partial charge in [-0.15, -0.1) is 0 Å². The summed E-state index contributed by atoms with van der Waals surface area (Å²) in [6.45, 7) is 5.30. The number of carbonyl (C=O) groups is 1. The van der Waals surface area contributed by atoms with Crippen molar-refractivity contribution in [2.24, 2.45) is 0 Å². The van der Waals surface area contributed by atoms with Gasteiger partial charge in [0.1, 0.15) is 12.4 Å². The number of ether oxygens (including phenoxy) is 1. The van der Waals surface area contributed by atoms with E-state index in [0.29, 0.717) is 13.0 Å². The number of amides is 1.